The molecule has 1 aliphatic heterocycles. The topological polar surface area (TPSA) is 60.8 Å². The minimum atomic E-state index is -0.815. The highest BCUT2D eigenvalue weighted by atomic mass is 16.4. The number of hydrogen-bond acceptors (Lipinski definition) is 3. The summed E-state index contributed by atoms with van der Waals surface area (Å²) in [6.45, 7) is 3.94. The lowest BCUT2D eigenvalue weighted by molar-refractivity contribution is -0.138. The molecule has 0 saturated heterocycles. The van der Waals surface area contributed by atoms with Gasteiger partial charge in [-0.15, -0.1) is 0 Å². The summed E-state index contributed by atoms with van der Waals surface area (Å²) in [6.07, 6.45) is 0.456. The lowest BCUT2D eigenvalue weighted by atomic mass is 10.1. The summed E-state index contributed by atoms with van der Waals surface area (Å²) < 4.78 is 0. The van der Waals surface area contributed by atoms with E-state index in [1.165, 1.54) is 0 Å². The average molecular weight is 221 g/mol. The third-order valence-electron chi connectivity index (χ3n) is 2.93. The number of nitrogens with zero attached hydrogens (tertiary/aromatic N) is 1. The molecule has 86 valence electrons. The first-order valence-electron chi connectivity index (χ1n) is 5.33. The second-order valence-corrected chi connectivity index (χ2v) is 4.37. The van der Waals surface area contributed by atoms with Crippen molar-refractivity contribution in [3.63, 3.8) is 0 Å². The van der Waals surface area contributed by atoms with E-state index in [1.54, 1.807) is 18.2 Å². The van der Waals surface area contributed by atoms with Crippen molar-refractivity contribution in [3.8, 4) is 5.75 Å². The zero-order chi connectivity index (χ0) is 11.9. The van der Waals surface area contributed by atoms with Crippen LogP contribution < -0.4 is 4.90 Å². The Bertz CT molecular complexity index is 428. The predicted octanol–water partition coefficient (Wildman–Crippen LogP) is 1.62. The molecule has 0 aliphatic carbocycles. The van der Waals surface area contributed by atoms with Crippen LogP contribution in [0.1, 0.15) is 19.4 Å². The molecular formula is C12H15NO3. The maximum atomic E-state index is 11.2. The molecule has 16 heavy (non-hydrogen) atoms. The number of aromatic hydroxyl groups is 1. The summed E-state index contributed by atoms with van der Waals surface area (Å²) in [5.41, 5.74) is 1.82. The molecule has 0 bridgehead atoms. The van der Waals surface area contributed by atoms with E-state index in [0.29, 0.717) is 6.42 Å². The quantitative estimate of drug-likeness (QED) is 0.796. The fourth-order valence-electron chi connectivity index (χ4n) is 2.31. The van der Waals surface area contributed by atoms with E-state index in [2.05, 4.69) is 0 Å². The number of carbonyl (C=O) groups is 1. The van der Waals surface area contributed by atoms with Crippen molar-refractivity contribution in [2.45, 2.75) is 32.4 Å². The second-order valence-electron chi connectivity index (χ2n) is 4.37. The van der Waals surface area contributed by atoms with E-state index < -0.39 is 12.0 Å². The maximum Gasteiger partial charge on any atom is 0.326 e. The van der Waals surface area contributed by atoms with Crippen LogP contribution in [0.15, 0.2) is 18.2 Å². The number of carboxylic acids is 1. The SMILES string of the molecule is CC(C)N1c2ccc(O)cc2CC1C(=O)O. The fraction of sp³-hybridized carbons (Fsp3) is 0.417. The number of carboxylic acid groups (broad SMARTS) is 1. The van der Waals surface area contributed by atoms with Crippen LogP contribution in [0.4, 0.5) is 5.69 Å². The Balaban J connectivity index is 2.45. The van der Waals surface area contributed by atoms with Crippen LogP contribution in [0.2, 0.25) is 0 Å². The van der Waals surface area contributed by atoms with Gasteiger partial charge in [-0.05, 0) is 37.6 Å². The van der Waals surface area contributed by atoms with Gasteiger partial charge in [0.15, 0.2) is 0 Å². The number of benzene rings is 1. The van der Waals surface area contributed by atoms with Crippen LogP contribution in [0, 0.1) is 0 Å². The van der Waals surface area contributed by atoms with Crippen molar-refractivity contribution >= 4 is 11.7 Å². The van der Waals surface area contributed by atoms with Crippen molar-refractivity contribution in [3.05, 3.63) is 23.8 Å². The molecule has 2 rings (SSSR count). The molecule has 4 heteroatoms. The zero-order valence-electron chi connectivity index (χ0n) is 9.34. The molecular weight excluding hydrogens is 206 g/mol. The van der Waals surface area contributed by atoms with Crippen molar-refractivity contribution in [1.82, 2.24) is 0 Å². The van der Waals surface area contributed by atoms with E-state index in [9.17, 15) is 9.90 Å². The normalized spacial score (nSPS) is 18.9. The molecule has 0 amide bonds. The molecule has 0 aromatic heterocycles. The van der Waals surface area contributed by atoms with Gasteiger partial charge in [0.25, 0.3) is 0 Å². The van der Waals surface area contributed by atoms with Gasteiger partial charge >= 0.3 is 5.97 Å². The monoisotopic (exact) mass is 221 g/mol. The maximum absolute atomic E-state index is 11.2. The highest BCUT2D eigenvalue weighted by Gasteiger charge is 2.35. The molecule has 0 spiro atoms. The smallest absolute Gasteiger partial charge is 0.326 e. The largest absolute Gasteiger partial charge is 0.508 e. The number of phenols is 1. The third-order valence-corrected chi connectivity index (χ3v) is 2.93. The Morgan fingerprint density at radius 1 is 1.50 bits per heavy atom. The van der Waals surface area contributed by atoms with Gasteiger partial charge in [-0.2, -0.15) is 0 Å². The molecule has 1 atom stereocenters. The van der Waals surface area contributed by atoms with E-state index in [-0.39, 0.29) is 11.8 Å². The number of hydrogen-bond donors (Lipinski definition) is 2. The first-order chi connectivity index (χ1) is 7.50. The van der Waals surface area contributed by atoms with Gasteiger partial charge in [0.1, 0.15) is 11.8 Å². The molecule has 1 aromatic carbocycles. The van der Waals surface area contributed by atoms with Crippen molar-refractivity contribution in [2.24, 2.45) is 0 Å². The summed E-state index contributed by atoms with van der Waals surface area (Å²) in [4.78, 5) is 13.1. The molecule has 4 nitrogen and oxygen atoms in total. The molecule has 1 aliphatic rings. The summed E-state index contributed by atoms with van der Waals surface area (Å²) in [7, 11) is 0. The van der Waals surface area contributed by atoms with Crippen molar-refractivity contribution in [2.75, 3.05) is 4.90 Å². The Labute approximate surface area is 94.1 Å². The van der Waals surface area contributed by atoms with Crippen molar-refractivity contribution < 1.29 is 15.0 Å². The van der Waals surface area contributed by atoms with Crippen LogP contribution in [-0.4, -0.2) is 28.3 Å². The Kier molecular flexibility index (Phi) is 2.50. The summed E-state index contributed by atoms with van der Waals surface area (Å²) in [5.74, 6) is -0.627. The van der Waals surface area contributed by atoms with Gasteiger partial charge in [-0.25, -0.2) is 4.79 Å². The number of rotatable bonds is 2. The Morgan fingerprint density at radius 2 is 2.19 bits per heavy atom. The predicted molar refractivity (Wildman–Crippen MR) is 60.8 cm³/mol. The van der Waals surface area contributed by atoms with E-state index in [4.69, 9.17) is 5.11 Å². The number of phenolic OH excluding ortho intramolecular Hbond substituents is 1. The summed E-state index contributed by atoms with van der Waals surface area (Å²) >= 11 is 0. The van der Waals surface area contributed by atoms with Gasteiger partial charge in [0.2, 0.25) is 0 Å². The number of fused-ring (bicyclic) bond motifs is 1. The molecule has 0 radical (unpaired) electrons. The lowest BCUT2D eigenvalue weighted by Gasteiger charge is -2.28. The van der Waals surface area contributed by atoms with Gasteiger partial charge in [0, 0.05) is 18.2 Å². The molecule has 1 aromatic rings. The molecule has 0 fully saturated rings. The second kappa shape index (κ2) is 3.70. The molecule has 0 saturated carbocycles. The summed E-state index contributed by atoms with van der Waals surface area (Å²) in [6, 6.07) is 4.64. The van der Waals surface area contributed by atoms with Gasteiger partial charge in [0.05, 0.1) is 0 Å². The van der Waals surface area contributed by atoms with E-state index in [1.807, 2.05) is 18.7 Å². The minimum Gasteiger partial charge on any atom is -0.508 e. The highest BCUT2D eigenvalue weighted by molar-refractivity contribution is 5.82. The molecule has 2 N–H and O–H groups in total. The molecule has 1 unspecified atom stereocenters. The van der Waals surface area contributed by atoms with Gasteiger partial charge in [-0.3, -0.25) is 0 Å². The first kappa shape index (κ1) is 10.8. The average Bonchev–Trinajstić information content (AvgIpc) is 2.55. The fourth-order valence-corrected chi connectivity index (χ4v) is 2.31. The van der Waals surface area contributed by atoms with Gasteiger partial charge < -0.3 is 15.1 Å². The van der Waals surface area contributed by atoms with Crippen molar-refractivity contribution in [1.29, 1.82) is 0 Å². The van der Waals surface area contributed by atoms with Crippen LogP contribution in [0.25, 0.3) is 0 Å². The van der Waals surface area contributed by atoms with Crippen LogP contribution >= 0.6 is 0 Å². The summed E-state index contributed by atoms with van der Waals surface area (Å²) in [5, 5.41) is 18.6. The standard InChI is InChI=1S/C12H15NO3/c1-7(2)13-10-4-3-9(14)5-8(10)6-11(13)12(15)16/h3-5,7,11,14H,6H2,1-2H3,(H,15,16). The van der Waals surface area contributed by atoms with E-state index >= 15 is 0 Å². The highest BCUT2D eigenvalue weighted by Crippen LogP contribution is 2.35. The minimum absolute atomic E-state index is 0.131. The van der Waals surface area contributed by atoms with Crippen LogP contribution in [-0.2, 0) is 11.2 Å². The van der Waals surface area contributed by atoms with E-state index in [0.717, 1.165) is 11.3 Å². The Hall–Kier alpha value is -1.71. The zero-order valence-corrected chi connectivity index (χ0v) is 9.34. The van der Waals surface area contributed by atoms with Gasteiger partial charge in [-0.1, -0.05) is 0 Å². The molecule has 1 heterocycles. The first-order valence-corrected chi connectivity index (χ1v) is 5.33. The third kappa shape index (κ3) is 1.60. The van der Waals surface area contributed by atoms with Crippen LogP contribution in [0.3, 0.4) is 0 Å². The number of anilines is 1. The van der Waals surface area contributed by atoms with Crippen LogP contribution in [0.5, 0.6) is 5.75 Å². The lowest BCUT2D eigenvalue weighted by Crippen LogP contribution is -2.42. The number of aliphatic carboxylic acids is 1. The Morgan fingerprint density at radius 3 is 2.75 bits per heavy atom.